The van der Waals surface area contributed by atoms with Crippen LogP contribution in [-0.2, 0) is 17.8 Å². The molecule has 1 aliphatic heterocycles. The van der Waals surface area contributed by atoms with Gasteiger partial charge in [0, 0.05) is 5.56 Å². The van der Waals surface area contributed by atoms with Gasteiger partial charge in [0.25, 0.3) is 0 Å². The SMILES string of the molecule is N/C(=N\O)c1cccc2c1CCOC2. The minimum Gasteiger partial charge on any atom is -0.409 e. The predicted molar refractivity (Wildman–Crippen MR) is 52.3 cm³/mol. The number of rotatable bonds is 1. The number of hydrogen-bond donors (Lipinski definition) is 2. The van der Waals surface area contributed by atoms with E-state index in [1.54, 1.807) is 0 Å². The average Bonchev–Trinajstić information content (AvgIpc) is 2.27. The van der Waals surface area contributed by atoms with E-state index in [1.165, 1.54) is 0 Å². The highest BCUT2D eigenvalue weighted by molar-refractivity contribution is 5.98. The molecule has 0 amide bonds. The van der Waals surface area contributed by atoms with E-state index >= 15 is 0 Å². The molecule has 2 rings (SSSR count). The third-order valence-electron chi connectivity index (χ3n) is 2.41. The fourth-order valence-corrected chi connectivity index (χ4v) is 1.72. The maximum atomic E-state index is 8.62. The molecule has 4 heteroatoms. The molecule has 1 heterocycles. The zero-order chi connectivity index (χ0) is 9.97. The van der Waals surface area contributed by atoms with Gasteiger partial charge in [0.1, 0.15) is 0 Å². The van der Waals surface area contributed by atoms with Gasteiger partial charge in [-0.25, -0.2) is 0 Å². The molecular formula is C10H12N2O2. The van der Waals surface area contributed by atoms with Gasteiger partial charge in [0.15, 0.2) is 5.84 Å². The molecule has 1 aromatic rings. The zero-order valence-corrected chi connectivity index (χ0v) is 7.73. The lowest BCUT2D eigenvalue weighted by atomic mass is 9.97. The Labute approximate surface area is 82.0 Å². The van der Waals surface area contributed by atoms with Gasteiger partial charge in [0.05, 0.1) is 13.2 Å². The highest BCUT2D eigenvalue weighted by atomic mass is 16.5. The Hall–Kier alpha value is -1.55. The monoisotopic (exact) mass is 192 g/mol. The molecule has 0 saturated carbocycles. The number of ether oxygens (including phenoxy) is 1. The predicted octanol–water partition coefficient (Wildman–Crippen LogP) is 0.854. The molecular weight excluding hydrogens is 180 g/mol. The van der Waals surface area contributed by atoms with Crippen LogP contribution >= 0.6 is 0 Å². The van der Waals surface area contributed by atoms with Crippen molar-refractivity contribution in [3.05, 3.63) is 34.9 Å². The highest BCUT2D eigenvalue weighted by Gasteiger charge is 2.14. The number of oxime groups is 1. The van der Waals surface area contributed by atoms with Crippen LogP contribution in [0.3, 0.4) is 0 Å². The third kappa shape index (κ3) is 1.44. The van der Waals surface area contributed by atoms with Crippen LogP contribution < -0.4 is 5.73 Å². The Morgan fingerprint density at radius 1 is 1.50 bits per heavy atom. The number of hydrogen-bond acceptors (Lipinski definition) is 3. The fourth-order valence-electron chi connectivity index (χ4n) is 1.72. The van der Waals surface area contributed by atoms with Gasteiger partial charge >= 0.3 is 0 Å². The summed E-state index contributed by atoms with van der Waals surface area (Å²) in [6.07, 6.45) is 0.821. The quantitative estimate of drug-likeness (QED) is 0.300. The van der Waals surface area contributed by atoms with Gasteiger partial charge < -0.3 is 15.7 Å². The first-order valence-corrected chi connectivity index (χ1v) is 4.49. The Kier molecular flexibility index (Phi) is 2.37. The first kappa shape index (κ1) is 9.02. The summed E-state index contributed by atoms with van der Waals surface area (Å²) < 4.78 is 5.32. The molecule has 3 N–H and O–H groups in total. The van der Waals surface area contributed by atoms with Crippen molar-refractivity contribution in [1.82, 2.24) is 0 Å². The fraction of sp³-hybridized carbons (Fsp3) is 0.300. The van der Waals surface area contributed by atoms with Crippen LogP contribution in [0.25, 0.3) is 0 Å². The highest BCUT2D eigenvalue weighted by Crippen LogP contribution is 2.20. The number of nitrogens with zero attached hydrogens (tertiary/aromatic N) is 1. The number of benzene rings is 1. The third-order valence-corrected chi connectivity index (χ3v) is 2.41. The van der Waals surface area contributed by atoms with Crippen LogP contribution in [0.4, 0.5) is 0 Å². The first-order chi connectivity index (χ1) is 6.83. The molecule has 14 heavy (non-hydrogen) atoms. The molecule has 0 aromatic heterocycles. The molecule has 0 aliphatic carbocycles. The van der Waals surface area contributed by atoms with E-state index < -0.39 is 0 Å². The van der Waals surface area contributed by atoms with Crippen LogP contribution in [0, 0.1) is 0 Å². The molecule has 0 fully saturated rings. The molecule has 4 nitrogen and oxygen atoms in total. The van der Waals surface area contributed by atoms with Gasteiger partial charge in [-0.15, -0.1) is 0 Å². The molecule has 0 unspecified atom stereocenters. The van der Waals surface area contributed by atoms with Crippen molar-refractivity contribution in [3.63, 3.8) is 0 Å². The van der Waals surface area contributed by atoms with E-state index in [1.807, 2.05) is 18.2 Å². The number of nitrogens with two attached hydrogens (primary N) is 1. The van der Waals surface area contributed by atoms with Crippen molar-refractivity contribution >= 4 is 5.84 Å². The summed E-state index contributed by atoms with van der Waals surface area (Å²) in [5, 5.41) is 11.6. The number of fused-ring (bicyclic) bond motifs is 1. The Morgan fingerprint density at radius 2 is 2.36 bits per heavy atom. The van der Waals surface area contributed by atoms with Crippen molar-refractivity contribution in [1.29, 1.82) is 0 Å². The van der Waals surface area contributed by atoms with Crippen LogP contribution in [-0.4, -0.2) is 17.6 Å². The maximum absolute atomic E-state index is 8.62. The smallest absolute Gasteiger partial charge is 0.170 e. The standard InChI is InChI=1S/C10H12N2O2/c11-10(12-13)9-3-1-2-7-6-14-5-4-8(7)9/h1-3,13H,4-6H2,(H2,11,12). The minimum atomic E-state index is 0.170. The lowest BCUT2D eigenvalue weighted by Crippen LogP contribution is -2.20. The second-order valence-electron chi connectivity index (χ2n) is 3.23. The molecule has 0 spiro atoms. The topological polar surface area (TPSA) is 67.8 Å². The van der Waals surface area contributed by atoms with Gasteiger partial charge in [-0.2, -0.15) is 0 Å². The van der Waals surface area contributed by atoms with Crippen LogP contribution in [0.5, 0.6) is 0 Å². The molecule has 74 valence electrons. The van der Waals surface area contributed by atoms with Gasteiger partial charge in [0.2, 0.25) is 0 Å². The van der Waals surface area contributed by atoms with E-state index in [2.05, 4.69) is 5.16 Å². The summed E-state index contributed by atoms with van der Waals surface area (Å²) in [6, 6.07) is 5.75. The summed E-state index contributed by atoms with van der Waals surface area (Å²) in [4.78, 5) is 0. The zero-order valence-electron chi connectivity index (χ0n) is 7.73. The van der Waals surface area contributed by atoms with Gasteiger partial charge in [-0.1, -0.05) is 23.4 Å². The summed E-state index contributed by atoms with van der Waals surface area (Å²) in [5.74, 6) is 0.170. The second-order valence-corrected chi connectivity index (χ2v) is 3.23. The Bertz CT molecular complexity index is 374. The lowest BCUT2D eigenvalue weighted by molar-refractivity contribution is 0.110. The van der Waals surface area contributed by atoms with E-state index in [9.17, 15) is 0 Å². The minimum absolute atomic E-state index is 0.170. The van der Waals surface area contributed by atoms with Crippen molar-refractivity contribution < 1.29 is 9.94 Å². The number of amidine groups is 1. The van der Waals surface area contributed by atoms with Gasteiger partial charge in [-0.05, 0) is 17.5 Å². The summed E-state index contributed by atoms with van der Waals surface area (Å²) in [7, 11) is 0. The molecule has 0 saturated heterocycles. The van der Waals surface area contributed by atoms with Crippen molar-refractivity contribution in [2.45, 2.75) is 13.0 Å². The summed E-state index contributed by atoms with van der Waals surface area (Å²) in [5.41, 5.74) is 8.65. The van der Waals surface area contributed by atoms with E-state index in [4.69, 9.17) is 15.7 Å². The normalized spacial score (nSPS) is 16.4. The molecule has 1 aliphatic rings. The Morgan fingerprint density at radius 3 is 3.14 bits per heavy atom. The summed E-state index contributed by atoms with van der Waals surface area (Å²) >= 11 is 0. The van der Waals surface area contributed by atoms with Crippen LogP contribution in [0.2, 0.25) is 0 Å². The van der Waals surface area contributed by atoms with E-state index in [-0.39, 0.29) is 5.84 Å². The van der Waals surface area contributed by atoms with Crippen molar-refractivity contribution in [3.8, 4) is 0 Å². The second kappa shape index (κ2) is 3.67. The summed E-state index contributed by atoms with van der Waals surface area (Å²) in [6.45, 7) is 1.31. The van der Waals surface area contributed by atoms with Crippen molar-refractivity contribution in [2.24, 2.45) is 10.9 Å². The average molecular weight is 192 g/mol. The van der Waals surface area contributed by atoms with Crippen LogP contribution in [0.15, 0.2) is 23.4 Å². The molecule has 0 atom stereocenters. The van der Waals surface area contributed by atoms with Crippen molar-refractivity contribution in [2.75, 3.05) is 6.61 Å². The maximum Gasteiger partial charge on any atom is 0.170 e. The lowest BCUT2D eigenvalue weighted by Gasteiger charge is -2.18. The molecule has 1 aromatic carbocycles. The largest absolute Gasteiger partial charge is 0.409 e. The molecule has 0 radical (unpaired) electrons. The van der Waals surface area contributed by atoms with Crippen LogP contribution in [0.1, 0.15) is 16.7 Å². The first-order valence-electron chi connectivity index (χ1n) is 4.49. The Balaban J connectivity index is 2.50. The van der Waals surface area contributed by atoms with E-state index in [0.29, 0.717) is 13.2 Å². The van der Waals surface area contributed by atoms with E-state index in [0.717, 1.165) is 23.1 Å². The van der Waals surface area contributed by atoms with Gasteiger partial charge in [-0.3, -0.25) is 0 Å². The molecule has 0 bridgehead atoms.